The molecule has 0 saturated heterocycles. The molecule has 17 heavy (non-hydrogen) atoms. The van der Waals surface area contributed by atoms with Gasteiger partial charge in [-0.2, -0.15) is 5.10 Å². The van der Waals surface area contributed by atoms with Gasteiger partial charge in [0.05, 0.1) is 16.6 Å². The lowest BCUT2D eigenvalue weighted by Gasteiger charge is -1.95. The number of thiazole rings is 1. The van der Waals surface area contributed by atoms with Crippen LogP contribution in [0.15, 0.2) is 30.7 Å². The summed E-state index contributed by atoms with van der Waals surface area (Å²) in [5, 5.41) is 5.33. The molecule has 6 heteroatoms. The molecular formula is C11H6ClN3OS. The zero-order valence-corrected chi connectivity index (χ0v) is 10.1. The number of rotatable bonds is 2. The second-order valence-corrected chi connectivity index (χ2v) is 4.91. The van der Waals surface area contributed by atoms with Crippen molar-refractivity contribution in [2.24, 2.45) is 0 Å². The van der Waals surface area contributed by atoms with Crippen molar-refractivity contribution < 1.29 is 4.79 Å². The van der Waals surface area contributed by atoms with Crippen LogP contribution in [0.1, 0.15) is 9.80 Å². The highest BCUT2D eigenvalue weighted by atomic mass is 35.5. The van der Waals surface area contributed by atoms with E-state index in [2.05, 4.69) is 10.1 Å². The highest BCUT2D eigenvalue weighted by Gasteiger charge is 2.10. The van der Waals surface area contributed by atoms with Crippen molar-refractivity contribution in [3.63, 3.8) is 0 Å². The van der Waals surface area contributed by atoms with Crippen molar-refractivity contribution >= 4 is 34.7 Å². The number of fused-ring (bicyclic) bond motifs is 1. The average molecular weight is 264 g/mol. The van der Waals surface area contributed by atoms with Crippen molar-refractivity contribution in [2.45, 2.75) is 0 Å². The van der Waals surface area contributed by atoms with Crippen molar-refractivity contribution in [1.29, 1.82) is 0 Å². The first-order valence-electron chi connectivity index (χ1n) is 4.82. The van der Waals surface area contributed by atoms with E-state index >= 15 is 0 Å². The van der Waals surface area contributed by atoms with Gasteiger partial charge in [0, 0.05) is 23.0 Å². The molecule has 0 radical (unpaired) electrons. The molecule has 0 spiro atoms. The maximum absolute atomic E-state index is 10.6. The normalized spacial score (nSPS) is 10.9. The predicted octanol–water partition coefficient (Wildman–Crippen LogP) is 2.92. The summed E-state index contributed by atoms with van der Waals surface area (Å²) in [5.41, 5.74) is 1.83. The van der Waals surface area contributed by atoms with Crippen molar-refractivity contribution in [3.05, 3.63) is 40.8 Å². The van der Waals surface area contributed by atoms with E-state index in [0.717, 1.165) is 22.2 Å². The lowest BCUT2D eigenvalue weighted by molar-refractivity contribution is 0.112. The van der Waals surface area contributed by atoms with E-state index in [1.165, 1.54) is 11.3 Å². The summed E-state index contributed by atoms with van der Waals surface area (Å²) in [7, 11) is 0. The molecule has 0 atom stereocenters. The third-order valence-electron chi connectivity index (χ3n) is 2.37. The van der Waals surface area contributed by atoms with Crippen molar-refractivity contribution in [2.75, 3.05) is 0 Å². The molecule has 0 aliphatic rings. The number of nitrogens with zero attached hydrogens (tertiary/aromatic N) is 3. The van der Waals surface area contributed by atoms with Crippen LogP contribution in [0, 0.1) is 0 Å². The SMILES string of the molecule is O=Cc1ncc(-c2cnn3ccc(Cl)cc23)s1. The summed E-state index contributed by atoms with van der Waals surface area (Å²) in [4.78, 5) is 15.5. The molecule has 84 valence electrons. The summed E-state index contributed by atoms with van der Waals surface area (Å²) in [5.74, 6) is 0. The van der Waals surface area contributed by atoms with E-state index in [1.54, 1.807) is 29.2 Å². The average Bonchev–Trinajstić information content (AvgIpc) is 2.93. The maximum Gasteiger partial charge on any atom is 0.178 e. The molecule has 3 aromatic heterocycles. The molecule has 0 bridgehead atoms. The van der Waals surface area contributed by atoms with Crippen LogP contribution >= 0.6 is 22.9 Å². The minimum absolute atomic E-state index is 0.460. The summed E-state index contributed by atoms with van der Waals surface area (Å²) >= 11 is 7.29. The number of carbonyl (C=O) groups excluding carboxylic acids is 1. The van der Waals surface area contributed by atoms with Gasteiger partial charge >= 0.3 is 0 Å². The van der Waals surface area contributed by atoms with Gasteiger partial charge in [0.2, 0.25) is 0 Å². The number of carbonyl (C=O) groups is 1. The molecule has 4 nitrogen and oxygen atoms in total. The first-order valence-corrected chi connectivity index (χ1v) is 6.01. The topological polar surface area (TPSA) is 47.3 Å². The second kappa shape index (κ2) is 3.94. The molecule has 0 aromatic carbocycles. The monoisotopic (exact) mass is 263 g/mol. The van der Waals surface area contributed by atoms with Crippen LogP contribution in [0.5, 0.6) is 0 Å². The Morgan fingerprint density at radius 1 is 1.41 bits per heavy atom. The Hall–Kier alpha value is -1.72. The highest BCUT2D eigenvalue weighted by molar-refractivity contribution is 7.16. The molecule has 0 saturated carbocycles. The van der Waals surface area contributed by atoms with Gasteiger partial charge in [-0.1, -0.05) is 11.6 Å². The fourth-order valence-corrected chi connectivity index (χ4v) is 2.52. The van der Waals surface area contributed by atoms with Crippen LogP contribution in [0.3, 0.4) is 0 Å². The predicted molar refractivity (Wildman–Crippen MR) is 66.7 cm³/mol. The summed E-state index contributed by atoms with van der Waals surface area (Å²) in [6.45, 7) is 0. The van der Waals surface area contributed by atoms with Crippen LogP contribution in [0.4, 0.5) is 0 Å². The third kappa shape index (κ3) is 1.73. The quantitative estimate of drug-likeness (QED) is 0.668. The number of halogens is 1. The largest absolute Gasteiger partial charge is 0.295 e. The van der Waals surface area contributed by atoms with Crippen molar-refractivity contribution in [1.82, 2.24) is 14.6 Å². The van der Waals surface area contributed by atoms with Gasteiger partial charge in [-0.15, -0.1) is 11.3 Å². The number of pyridine rings is 1. The van der Waals surface area contributed by atoms with Gasteiger partial charge in [0.1, 0.15) is 0 Å². The molecule has 0 fully saturated rings. The molecule has 0 N–H and O–H groups in total. The number of aromatic nitrogens is 3. The van der Waals surface area contributed by atoms with Crippen LogP contribution < -0.4 is 0 Å². The van der Waals surface area contributed by atoms with E-state index in [-0.39, 0.29) is 0 Å². The zero-order chi connectivity index (χ0) is 11.8. The highest BCUT2D eigenvalue weighted by Crippen LogP contribution is 2.30. The smallest absolute Gasteiger partial charge is 0.178 e. The minimum atomic E-state index is 0.460. The molecule has 3 heterocycles. The molecule has 0 amide bonds. The van der Waals surface area contributed by atoms with E-state index in [9.17, 15) is 4.79 Å². The number of hydrogen-bond donors (Lipinski definition) is 0. The Bertz CT molecular complexity index is 704. The number of hydrogen-bond acceptors (Lipinski definition) is 4. The standard InChI is InChI=1S/C11H6ClN3OS/c12-7-1-2-15-9(3-7)8(4-14-15)10-5-13-11(6-16)17-10/h1-6H. The summed E-state index contributed by atoms with van der Waals surface area (Å²) in [6, 6.07) is 3.61. The Kier molecular flexibility index (Phi) is 2.42. The van der Waals surface area contributed by atoms with Crippen LogP contribution in [-0.2, 0) is 0 Å². The zero-order valence-electron chi connectivity index (χ0n) is 8.50. The molecule has 0 aliphatic carbocycles. The summed E-state index contributed by atoms with van der Waals surface area (Å²) in [6.07, 6.45) is 5.95. The van der Waals surface area contributed by atoms with E-state index in [1.807, 2.05) is 6.07 Å². The maximum atomic E-state index is 10.6. The van der Waals surface area contributed by atoms with Gasteiger partial charge in [-0.25, -0.2) is 9.50 Å². The Morgan fingerprint density at radius 2 is 2.29 bits per heavy atom. The minimum Gasteiger partial charge on any atom is -0.295 e. The molecular weight excluding hydrogens is 258 g/mol. The Labute approximate surface area is 105 Å². The molecule has 0 aliphatic heterocycles. The fraction of sp³-hybridized carbons (Fsp3) is 0. The lowest BCUT2D eigenvalue weighted by atomic mass is 10.2. The van der Waals surface area contributed by atoms with E-state index in [0.29, 0.717) is 10.0 Å². The Morgan fingerprint density at radius 3 is 3.06 bits per heavy atom. The Balaban J connectivity index is 2.22. The third-order valence-corrected chi connectivity index (χ3v) is 3.56. The van der Waals surface area contributed by atoms with Gasteiger partial charge in [0.15, 0.2) is 11.3 Å². The van der Waals surface area contributed by atoms with Crippen LogP contribution in [0.2, 0.25) is 5.02 Å². The molecule has 0 unspecified atom stereocenters. The molecule has 3 rings (SSSR count). The van der Waals surface area contributed by atoms with Gasteiger partial charge in [-0.05, 0) is 12.1 Å². The lowest BCUT2D eigenvalue weighted by Crippen LogP contribution is -1.84. The van der Waals surface area contributed by atoms with Gasteiger partial charge in [0.25, 0.3) is 0 Å². The van der Waals surface area contributed by atoms with Gasteiger partial charge < -0.3 is 0 Å². The molecule has 3 aromatic rings. The van der Waals surface area contributed by atoms with Crippen LogP contribution in [-0.4, -0.2) is 20.9 Å². The van der Waals surface area contributed by atoms with E-state index < -0.39 is 0 Å². The van der Waals surface area contributed by atoms with Crippen LogP contribution in [0.25, 0.3) is 16.0 Å². The summed E-state index contributed by atoms with van der Waals surface area (Å²) < 4.78 is 1.74. The fourth-order valence-electron chi connectivity index (χ4n) is 1.61. The first-order chi connectivity index (χ1) is 8.28. The number of aldehydes is 1. The van der Waals surface area contributed by atoms with E-state index in [4.69, 9.17) is 11.6 Å². The first kappa shape index (κ1) is 10.4. The van der Waals surface area contributed by atoms with Crippen molar-refractivity contribution in [3.8, 4) is 10.4 Å². The van der Waals surface area contributed by atoms with Gasteiger partial charge in [-0.3, -0.25) is 4.79 Å². The second-order valence-electron chi connectivity index (χ2n) is 3.41.